The number of nitrogens with one attached hydrogen (secondary N) is 3. The van der Waals surface area contributed by atoms with Crippen LogP contribution in [0.25, 0.3) is 0 Å². The van der Waals surface area contributed by atoms with E-state index in [2.05, 4.69) is 51.7 Å². The molecule has 38 heavy (non-hydrogen) atoms. The van der Waals surface area contributed by atoms with E-state index in [1.165, 1.54) is 30.3 Å². The third-order valence-corrected chi connectivity index (χ3v) is 8.53. The molecular formula is C26H38N6O4S2. The summed E-state index contributed by atoms with van der Waals surface area (Å²) in [5, 5.41) is 8.64. The number of alkyl carbamates (subject to hydrolysis) is 1. The number of nitrogens with zero attached hydrogens (tertiary/aromatic N) is 2. The zero-order valence-electron chi connectivity index (χ0n) is 21.8. The molecule has 4 atom stereocenters. The van der Waals surface area contributed by atoms with Gasteiger partial charge in [0.2, 0.25) is 11.8 Å². The first kappa shape index (κ1) is 29.7. The lowest BCUT2D eigenvalue weighted by molar-refractivity contribution is -0.127. The van der Waals surface area contributed by atoms with Crippen molar-refractivity contribution in [2.24, 2.45) is 10.7 Å². The second-order valence-corrected chi connectivity index (χ2v) is 11.4. The van der Waals surface area contributed by atoms with Crippen molar-refractivity contribution in [1.82, 2.24) is 20.9 Å². The van der Waals surface area contributed by atoms with Crippen molar-refractivity contribution in [3.05, 3.63) is 48.6 Å². The number of carbonyl (C=O) groups excluding carboxylic acids is 3. The fraction of sp³-hybridized carbons (Fsp3) is 0.538. The summed E-state index contributed by atoms with van der Waals surface area (Å²) in [7, 11) is 0. The van der Waals surface area contributed by atoms with Crippen LogP contribution in [-0.2, 0) is 20.1 Å². The van der Waals surface area contributed by atoms with Crippen molar-refractivity contribution in [2.45, 2.75) is 49.7 Å². The van der Waals surface area contributed by atoms with Crippen molar-refractivity contribution < 1.29 is 19.1 Å². The normalized spacial score (nSPS) is 20.1. The fourth-order valence-corrected chi connectivity index (χ4v) is 6.23. The van der Waals surface area contributed by atoms with Crippen molar-refractivity contribution in [3.8, 4) is 0 Å². The lowest BCUT2D eigenvalue weighted by Crippen LogP contribution is -2.56. The quantitative estimate of drug-likeness (QED) is 0.252. The minimum atomic E-state index is -0.883. The standard InChI is InChI=1S/C26H38N6O4S2/c1-3-13-36-26(35)28-18(2)24(34)31-22(23(27)33)17-38-16-21-10-12-32-11-9-20(29-25(32)30-21)15-37-14-19-7-5-4-6-8-19/h3-8,18,20-22H,1,9-17H2,2H3,(H2,27,33)(H,28,35)(H,29,30)(H,31,34)/t18-,20-,21-,22-/m1/s1. The Bertz CT molecular complexity index is 980. The van der Waals surface area contributed by atoms with E-state index in [1.807, 2.05) is 17.8 Å². The maximum Gasteiger partial charge on any atom is 0.408 e. The number of primary amides is 1. The first-order chi connectivity index (χ1) is 18.4. The molecule has 0 bridgehead atoms. The Morgan fingerprint density at radius 3 is 2.71 bits per heavy atom. The van der Waals surface area contributed by atoms with Gasteiger partial charge >= 0.3 is 6.09 Å². The van der Waals surface area contributed by atoms with E-state index in [0.717, 1.165) is 43.4 Å². The number of carbonyl (C=O) groups is 3. The number of aliphatic imine (C=N–C) groups is 1. The van der Waals surface area contributed by atoms with E-state index in [9.17, 15) is 14.4 Å². The summed E-state index contributed by atoms with van der Waals surface area (Å²) in [5.41, 5.74) is 6.85. The van der Waals surface area contributed by atoms with Gasteiger partial charge in [0.15, 0.2) is 5.96 Å². The molecule has 3 rings (SSSR count). The number of hydrogen-bond acceptors (Lipinski definition) is 9. The Morgan fingerprint density at radius 2 is 1.97 bits per heavy atom. The predicted octanol–water partition coefficient (Wildman–Crippen LogP) is 1.72. The summed E-state index contributed by atoms with van der Waals surface area (Å²) < 4.78 is 4.81. The van der Waals surface area contributed by atoms with Gasteiger partial charge < -0.3 is 31.3 Å². The number of nitrogens with two attached hydrogens (primary N) is 1. The Kier molecular flexibility index (Phi) is 12.1. The molecule has 0 unspecified atom stereocenters. The summed E-state index contributed by atoms with van der Waals surface area (Å²) in [6.45, 7) is 6.95. The molecule has 12 heteroatoms. The first-order valence-corrected chi connectivity index (χ1v) is 15.1. The third-order valence-electron chi connectivity index (χ3n) is 6.16. The van der Waals surface area contributed by atoms with Crippen LogP contribution >= 0.6 is 23.5 Å². The largest absolute Gasteiger partial charge is 0.445 e. The first-order valence-electron chi connectivity index (χ1n) is 12.8. The molecule has 5 N–H and O–H groups in total. The minimum absolute atomic E-state index is 0.0350. The third kappa shape index (κ3) is 9.79. The van der Waals surface area contributed by atoms with Gasteiger partial charge in [0.05, 0.1) is 6.04 Å². The van der Waals surface area contributed by atoms with Gasteiger partial charge in [-0.05, 0) is 25.3 Å². The van der Waals surface area contributed by atoms with E-state index < -0.39 is 30.0 Å². The second-order valence-electron chi connectivity index (χ2n) is 9.27. The minimum Gasteiger partial charge on any atom is -0.445 e. The van der Waals surface area contributed by atoms with Crippen LogP contribution in [0.1, 0.15) is 25.3 Å². The SMILES string of the molecule is C=CCOC(=O)N[C@H](C)C(=O)N[C@H](CSC[C@H]1CCN2CC[C@H](CSCc3ccccc3)NC2=N1)C(N)=O. The zero-order valence-corrected chi connectivity index (χ0v) is 23.4. The molecule has 1 aromatic carbocycles. The highest BCUT2D eigenvalue weighted by Gasteiger charge is 2.29. The van der Waals surface area contributed by atoms with E-state index in [1.54, 1.807) is 0 Å². The van der Waals surface area contributed by atoms with Crippen LogP contribution < -0.4 is 21.7 Å². The Hall–Kier alpha value is -2.86. The second kappa shape index (κ2) is 15.5. The fourth-order valence-electron chi connectivity index (χ4n) is 4.01. The van der Waals surface area contributed by atoms with Crippen LogP contribution in [-0.4, -0.2) is 89.9 Å². The van der Waals surface area contributed by atoms with Crippen molar-refractivity contribution in [2.75, 3.05) is 37.0 Å². The summed E-state index contributed by atoms with van der Waals surface area (Å²) in [6.07, 6.45) is 2.72. The molecule has 0 radical (unpaired) electrons. The number of benzene rings is 1. The van der Waals surface area contributed by atoms with Crippen LogP contribution in [0.2, 0.25) is 0 Å². The van der Waals surface area contributed by atoms with Gasteiger partial charge in [-0.3, -0.25) is 9.59 Å². The number of thioether (sulfide) groups is 2. The van der Waals surface area contributed by atoms with Gasteiger partial charge in [-0.25, -0.2) is 9.79 Å². The van der Waals surface area contributed by atoms with Gasteiger partial charge in [0.25, 0.3) is 0 Å². The van der Waals surface area contributed by atoms with Crippen molar-refractivity contribution >= 4 is 47.4 Å². The average Bonchev–Trinajstić information content (AvgIpc) is 2.91. The molecule has 0 aliphatic carbocycles. The summed E-state index contributed by atoms with van der Waals surface area (Å²) >= 11 is 3.46. The Labute approximate surface area is 233 Å². The van der Waals surface area contributed by atoms with Crippen LogP contribution in [0.15, 0.2) is 48.0 Å². The molecule has 1 aromatic rings. The summed E-state index contributed by atoms with van der Waals surface area (Å²) in [6, 6.07) is 9.28. The maximum absolute atomic E-state index is 12.4. The number of ether oxygens (including phenoxy) is 1. The zero-order chi connectivity index (χ0) is 27.3. The molecule has 208 valence electrons. The molecule has 1 fully saturated rings. The molecule has 2 aliphatic heterocycles. The lowest BCUT2D eigenvalue weighted by atomic mass is 10.1. The van der Waals surface area contributed by atoms with Gasteiger partial charge in [-0.15, -0.1) is 0 Å². The van der Waals surface area contributed by atoms with Crippen LogP contribution in [0.4, 0.5) is 4.79 Å². The van der Waals surface area contributed by atoms with E-state index in [4.69, 9.17) is 15.5 Å². The Balaban J connectivity index is 1.41. The number of rotatable bonds is 14. The highest BCUT2D eigenvalue weighted by Crippen LogP contribution is 2.21. The van der Waals surface area contributed by atoms with Crippen LogP contribution in [0, 0.1) is 0 Å². The molecule has 0 saturated carbocycles. The van der Waals surface area contributed by atoms with E-state index in [-0.39, 0.29) is 12.6 Å². The van der Waals surface area contributed by atoms with Gasteiger partial charge in [0, 0.05) is 42.1 Å². The maximum atomic E-state index is 12.4. The molecule has 0 spiro atoms. The number of fused-ring (bicyclic) bond motifs is 1. The summed E-state index contributed by atoms with van der Waals surface area (Å²) in [4.78, 5) is 43.2. The smallest absolute Gasteiger partial charge is 0.408 e. The van der Waals surface area contributed by atoms with E-state index >= 15 is 0 Å². The molecule has 2 heterocycles. The monoisotopic (exact) mass is 562 g/mol. The molecule has 0 aromatic heterocycles. The number of amides is 3. The average molecular weight is 563 g/mol. The van der Waals surface area contributed by atoms with Gasteiger partial charge in [-0.1, -0.05) is 43.0 Å². The predicted molar refractivity (Wildman–Crippen MR) is 154 cm³/mol. The molecule has 1 saturated heterocycles. The topological polar surface area (TPSA) is 138 Å². The lowest BCUT2D eigenvalue weighted by Gasteiger charge is -2.39. The molecule has 10 nitrogen and oxygen atoms in total. The highest BCUT2D eigenvalue weighted by atomic mass is 32.2. The van der Waals surface area contributed by atoms with Gasteiger partial charge in [-0.2, -0.15) is 23.5 Å². The number of hydrogen-bond donors (Lipinski definition) is 4. The molecular weight excluding hydrogens is 524 g/mol. The molecule has 3 amide bonds. The van der Waals surface area contributed by atoms with Crippen molar-refractivity contribution in [3.63, 3.8) is 0 Å². The summed E-state index contributed by atoms with van der Waals surface area (Å²) in [5.74, 6) is 2.89. The molecule has 2 aliphatic rings. The van der Waals surface area contributed by atoms with Crippen LogP contribution in [0.3, 0.4) is 0 Å². The highest BCUT2D eigenvalue weighted by molar-refractivity contribution is 7.99. The van der Waals surface area contributed by atoms with Gasteiger partial charge in [0.1, 0.15) is 18.7 Å². The van der Waals surface area contributed by atoms with Crippen molar-refractivity contribution in [1.29, 1.82) is 0 Å². The number of guanidine groups is 1. The van der Waals surface area contributed by atoms with Crippen LogP contribution in [0.5, 0.6) is 0 Å². The van der Waals surface area contributed by atoms with E-state index in [0.29, 0.717) is 17.5 Å². The Morgan fingerprint density at radius 1 is 1.21 bits per heavy atom.